The van der Waals surface area contributed by atoms with Gasteiger partial charge in [0.15, 0.2) is 10.9 Å². The van der Waals surface area contributed by atoms with Crippen molar-refractivity contribution in [2.75, 3.05) is 11.5 Å². The second-order valence-electron chi connectivity index (χ2n) is 8.55. The number of carbonyl (C=O) groups is 2. The van der Waals surface area contributed by atoms with Gasteiger partial charge in [0, 0.05) is 6.54 Å². The Balaban J connectivity index is 1.16. The van der Waals surface area contributed by atoms with E-state index in [9.17, 15) is 9.59 Å². The van der Waals surface area contributed by atoms with Gasteiger partial charge in [-0.2, -0.15) is 0 Å². The Kier molecular flexibility index (Phi) is 8.36. The number of para-hydroxylation sites is 1. The molecule has 4 aromatic carbocycles. The molecule has 1 aliphatic rings. The van der Waals surface area contributed by atoms with E-state index < -0.39 is 0 Å². The number of hydrogen-bond acceptors (Lipinski definition) is 6. The van der Waals surface area contributed by atoms with Gasteiger partial charge in [-0.25, -0.2) is 0 Å². The summed E-state index contributed by atoms with van der Waals surface area (Å²) in [4.78, 5) is 27.3. The summed E-state index contributed by atoms with van der Waals surface area (Å²) in [5.74, 6) is 1.58. The highest BCUT2D eigenvalue weighted by molar-refractivity contribution is 8.27. The molecule has 2 amide bonds. The van der Waals surface area contributed by atoms with E-state index in [0.29, 0.717) is 33.0 Å². The molecule has 6 nitrogen and oxygen atoms in total. The van der Waals surface area contributed by atoms with Crippen LogP contribution in [0.3, 0.4) is 0 Å². The van der Waals surface area contributed by atoms with Crippen molar-refractivity contribution in [2.45, 2.75) is 6.54 Å². The van der Waals surface area contributed by atoms with E-state index in [1.807, 2.05) is 97.1 Å². The molecule has 5 rings (SSSR count). The van der Waals surface area contributed by atoms with Gasteiger partial charge in [-0.3, -0.25) is 14.5 Å². The highest BCUT2D eigenvalue weighted by Crippen LogP contribution is 2.37. The van der Waals surface area contributed by atoms with E-state index in [4.69, 9.17) is 21.7 Å². The number of ether oxygens (including phenoxy) is 2. The van der Waals surface area contributed by atoms with Crippen molar-refractivity contribution in [3.8, 4) is 17.2 Å². The molecule has 0 spiro atoms. The van der Waals surface area contributed by atoms with E-state index in [0.717, 1.165) is 16.9 Å². The Morgan fingerprint density at radius 2 is 1.44 bits per heavy atom. The van der Waals surface area contributed by atoms with Crippen LogP contribution in [0.15, 0.2) is 114 Å². The second kappa shape index (κ2) is 12.4. The lowest BCUT2D eigenvalue weighted by Crippen LogP contribution is -2.28. The molecule has 0 atom stereocenters. The number of rotatable bonds is 9. The number of hydrogen-bond donors (Lipinski definition) is 1. The van der Waals surface area contributed by atoms with Crippen LogP contribution >= 0.6 is 24.0 Å². The summed E-state index contributed by atoms with van der Waals surface area (Å²) >= 11 is 6.75. The van der Waals surface area contributed by atoms with Crippen molar-refractivity contribution in [1.82, 2.24) is 5.32 Å². The highest BCUT2D eigenvalue weighted by Gasteiger charge is 2.33. The molecule has 0 unspecified atom stereocenters. The smallest absolute Gasteiger partial charge is 0.270 e. The molecular formula is C31H24N2O4S2. The van der Waals surface area contributed by atoms with Crippen LogP contribution in [0.1, 0.15) is 11.1 Å². The van der Waals surface area contributed by atoms with Crippen LogP contribution in [0.2, 0.25) is 0 Å². The first-order chi connectivity index (χ1) is 19.0. The third-order valence-corrected chi connectivity index (χ3v) is 7.05. The van der Waals surface area contributed by atoms with Gasteiger partial charge in [-0.1, -0.05) is 84.6 Å². The molecule has 1 saturated heterocycles. The molecule has 8 heteroatoms. The van der Waals surface area contributed by atoms with Gasteiger partial charge in [-0.05, 0) is 65.7 Å². The number of nitrogens with zero attached hydrogens (tertiary/aromatic N) is 1. The first-order valence-electron chi connectivity index (χ1n) is 12.2. The number of thiocarbonyl (C=S) groups is 1. The Labute approximate surface area is 236 Å². The first kappa shape index (κ1) is 26.2. The average Bonchev–Trinajstić information content (AvgIpc) is 3.25. The summed E-state index contributed by atoms with van der Waals surface area (Å²) in [5, 5.41) is 2.83. The molecule has 39 heavy (non-hydrogen) atoms. The number of anilines is 1. The zero-order valence-electron chi connectivity index (χ0n) is 20.8. The summed E-state index contributed by atoms with van der Waals surface area (Å²) in [6.07, 6.45) is 1.79. The van der Waals surface area contributed by atoms with Crippen LogP contribution in [0.25, 0.3) is 6.08 Å². The van der Waals surface area contributed by atoms with Crippen molar-refractivity contribution < 1.29 is 19.1 Å². The van der Waals surface area contributed by atoms with Crippen molar-refractivity contribution in [3.63, 3.8) is 0 Å². The molecule has 0 bridgehead atoms. The minimum absolute atomic E-state index is 0.0833. The van der Waals surface area contributed by atoms with Crippen molar-refractivity contribution in [1.29, 1.82) is 0 Å². The lowest BCUT2D eigenvalue weighted by Gasteiger charge is -2.15. The number of carbonyl (C=O) groups excluding carboxylic acids is 2. The quantitative estimate of drug-likeness (QED) is 0.187. The Morgan fingerprint density at radius 3 is 2.13 bits per heavy atom. The van der Waals surface area contributed by atoms with Gasteiger partial charge in [0.25, 0.3) is 11.8 Å². The second-order valence-corrected chi connectivity index (χ2v) is 10.2. The number of benzene rings is 4. The predicted octanol–water partition coefficient (Wildman–Crippen LogP) is 6.58. The van der Waals surface area contributed by atoms with E-state index >= 15 is 0 Å². The SMILES string of the molecule is O=C(COc1ccc(/C=C2\SC(=S)N(c3ccc(Oc4ccccc4)cc3)C2=O)cc1)NCc1ccccc1. The van der Waals surface area contributed by atoms with Crippen LogP contribution in [-0.2, 0) is 16.1 Å². The zero-order chi connectivity index (χ0) is 27.0. The Morgan fingerprint density at radius 1 is 0.821 bits per heavy atom. The number of nitrogens with one attached hydrogen (secondary N) is 1. The van der Waals surface area contributed by atoms with Crippen LogP contribution in [0.5, 0.6) is 17.2 Å². The van der Waals surface area contributed by atoms with E-state index in [-0.39, 0.29) is 18.4 Å². The fourth-order valence-electron chi connectivity index (χ4n) is 3.79. The monoisotopic (exact) mass is 552 g/mol. The van der Waals surface area contributed by atoms with Gasteiger partial charge in [-0.15, -0.1) is 0 Å². The van der Waals surface area contributed by atoms with Gasteiger partial charge in [0.05, 0.1) is 10.6 Å². The maximum atomic E-state index is 13.2. The topological polar surface area (TPSA) is 67.9 Å². The average molecular weight is 553 g/mol. The first-order valence-corrected chi connectivity index (χ1v) is 13.4. The molecule has 194 valence electrons. The summed E-state index contributed by atoms with van der Waals surface area (Å²) < 4.78 is 11.9. The van der Waals surface area contributed by atoms with E-state index in [2.05, 4.69) is 5.32 Å². The summed E-state index contributed by atoms with van der Waals surface area (Å²) in [5.41, 5.74) is 2.52. The molecule has 0 saturated carbocycles. The number of thioether (sulfide) groups is 1. The molecule has 1 heterocycles. The zero-order valence-corrected chi connectivity index (χ0v) is 22.4. The fourth-order valence-corrected chi connectivity index (χ4v) is 5.09. The molecule has 0 aromatic heterocycles. The predicted molar refractivity (Wildman–Crippen MR) is 159 cm³/mol. The standard InChI is InChI=1S/C31H24N2O4S2/c34-29(32-20-23-7-3-1-4-8-23)21-36-25-15-11-22(12-16-25)19-28-30(35)33(31(38)39-28)24-13-17-27(18-14-24)37-26-9-5-2-6-10-26/h1-19H,20-21H2,(H,32,34)/b28-19-. The molecule has 0 aliphatic carbocycles. The minimum atomic E-state index is -0.203. The molecular weight excluding hydrogens is 528 g/mol. The third-order valence-electron chi connectivity index (χ3n) is 5.75. The summed E-state index contributed by atoms with van der Waals surface area (Å²) in [6, 6.07) is 33.6. The van der Waals surface area contributed by atoms with E-state index in [1.54, 1.807) is 18.2 Å². The lowest BCUT2D eigenvalue weighted by atomic mass is 10.2. The van der Waals surface area contributed by atoms with E-state index in [1.165, 1.54) is 16.7 Å². The van der Waals surface area contributed by atoms with Crippen molar-refractivity contribution in [3.05, 3.63) is 125 Å². The Bertz CT molecular complexity index is 1490. The van der Waals surface area contributed by atoms with Gasteiger partial charge in [0.2, 0.25) is 0 Å². The maximum absolute atomic E-state index is 13.2. The molecule has 0 radical (unpaired) electrons. The van der Waals surface area contributed by atoms with Crippen LogP contribution in [-0.4, -0.2) is 22.7 Å². The van der Waals surface area contributed by atoms with Crippen LogP contribution in [0.4, 0.5) is 5.69 Å². The highest BCUT2D eigenvalue weighted by atomic mass is 32.2. The van der Waals surface area contributed by atoms with Crippen molar-refractivity contribution >= 4 is 51.9 Å². The van der Waals surface area contributed by atoms with Crippen molar-refractivity contribution in [2.24, 2.45) is 0 Å². The molecule has 1 N–H and O–H groups in total. The van der Waals surface area contributed by atoms with Gasteiger partial charge < -0.3 is 14.8 Å². The van der Waals surface area contributed by atoms with Crippen LogP contribution < -0.4 is 19.7 Å². The van der Waals surface area contributed by atoms with Gasteiger partial charge >= 0.3 is 0 Å². The summed E-state index contributed by atoms with van der Waals surface area (Å²) in [7, 11) is 0. The number of amides is 2. The fraction of sp³-hybridized carbons (Fsp3) is 0.0645. The summed E-state index contributed by atoms with van der Waals surface area (Å²) in [6.45, 7) is 0.367. The minimum Gasteiger partial charge on any atom is -0.484 e. The third kappa shape index (κ3) is 6.93. The molecule has 1 aliphatic heterocycles. The molecule has 4 aromatic rings. The lowest BCUT2D eigenvalue weighted by molar-refractivity contribution is -0.123. The largest absolute Gasteiger partial charge is 0.484 e. The normalized spacial score (nSPS) is 13.9. The van der Waals surface area contributed by atoms with Gasteiger partial charge in [0.1, 0.15) is 17.2 Å². The maximum Gasteiger partial charge on any atom is 0.270 e. The molecule has 1 fully saturated rings. The Hall–Kier alpha value is -4.40. The van der Waals surface area contributed by atoms with Crippen LogP contribution in [0, 0.1) is 0 Å².